The van der Waals surface area contributed by atoms with Gasteiger partial charge in [-0.1, -0.05) is 60.2 Å². The quantitative estimate of drug-likeness (QED) is 0.114. The van der Waals surface area contributed by atoms with Gasteiger partial charge in [-0.15, -0.1) is 11.8 Å². The Kier molecular flexibility index (Phi) is 11.2. The van der Waals surface area contributed by atoms with Crippen LogP contribution >= 0.6 is 11.8 Å². The molecule has 37 heavy (non-hydrogen) atoms. The first-order chi connectivity index (χ1) is 18.0. The number of thioether (sulfide) groups is 1. The number of allylic oxidation sites excluding steroid dienone is 1. The van der Waals surface area contributed by atoms with Gasteiger partial charge in [-0.25, -0.2) is 9.78 Å². The Balaban J connectivity index is 1.47. The normalized spacial score (nSPS) is 12.1. The third kappa shape index (κ3) is 9.08. The highest BCUT2D eigenvalue weighted by Gasteiger charge is 2.20. The number of pyridine rings is 1. The maximum atomic E-state index is 13.0. The summed E-state index contributed by atoms with van der Waals surface area (Å²) in [6.45, 7) is 3.01. The number of hydrogen-bond acceptors (Lipinski definition) is 7. The molecule has 1 atom stereocenters. The van der Waals surface area contributed by atoms with Crippen LogP contribution in [0.3, 0.4) is 0 Å². The predicted molar refractivity (Wildman–Crippen MR) is 147 cm³/mol. The molecule has 0 bridgehead atoms. The highest BCUT2D eigenvalue weighted by atomic mass is 32.2. The summed E-state index contributed by atoms with van der Waals surface area (Å²) in [5, 5.41) is 13.7. The maximum absolute atomic E-state index is 13.0. The first-order valence-electron chi connectivity index (χ1n) is 12.0. The topological polar surface area (TPSA) is 97.8 Å². The number of carbonyl (C=O) groups is 2. The van der Waals surface area contributed by atoms with Gasteiger partial charge in [0.25, 0.3) is 0 Å². The van der Waals surface area contributed by atoms with E-state index in [-0.39, 0.29) is 5.78 Å². The van der Waals surface area contributed by atoms with E-state index in [1.165, 1.54) is 0 Å². The van der Waals surface area contributed by atoms with Crippen molar-refractivity contribution in [1.29, 1.82) is 0 Å². The van der Waals surface area contributed by atoms with Crippen molar-refractivity contribution in [3.05, 3.63) is 95.6 Å². The molecule has 0 saturated heterocycles. The number of para-hydroxylation sites is 1. The molecule has 1 heterocycles. The number of aromatic nitrogens is 1. The molecular weight excluding hydrogens is 488 g/mol. The number of carboxylic acids is 1. The summed E-state index contributed by atoms with van der Waals surface area (Å²) in [4.78, 5) is 29.2. The maximum Gasteiger partial charge on any atom is 0.326 e. The Morgan fingerprint density at radius 2 is 1.81 bits per heavy atom. The van der Waals surface area contributed by atoms with Gasteiger partial charge < -0.3 is 19.9 Å². The summed E-state index contributed by atoms with van der Waals surface area (Å²) < 4.78 is 10.9. The summed E-state index contributed by atoms with van der Waals surface area (Å²) in [5.74, 6) is 0.234. The Morgan fingerprint density at radius 1 is 1.05 bits per heavy atom. The van der Waals surface area contributed by atoms with E-state index in [0.717, 1.165) is 16.4 Å². The molecule has 7 nitrogen and oxygen atoms in total. The Hall–Kier alpha value is -3.62. The molecule has 1 aromatic heterocycles. The molecule has 0 aliphatic rings. The fraction of sp³-hybridized carbons (Fsp3) is 0.276. The van der Waals surface area contributed by atoms with Crippen molar-refractivity contribution >= 4 is 29.2 Å². The van der Waals surface area contributed by atoms with E-state index < -0.39 is 12.0 Å². The minimum atomic E-state index is -0.965. The van der Waals surface area contributed by atoms with E-state index in [1.54, 1.807) is 67.4 Å². The number of hydrogen-bond donors (Lipinski definition) is 2. The number of ketones is 1. The number of ether oxygens (including phenoxy) is 2. The number of carboxylic acid groups (broad SMARTS) is 1. The smallest absolute Gasteiger partial charge is 0.326 e. The number of nitrogens with one attached hydrogen (secondary N) is 1. The average molecular weight is 521 g/mol. The lowest BCUT2D eigenvalue weighted by atomic mass is 10.0. The van der Waals surface area contributed by atoms with Crippen LogP contribution in [0.1, 0.15) is 35.7 Å². The van der Waals surface area contributed by atoms with Crippen LogP contribution in [0.5, 0.6) is 5.88 Å². The van der Waals surface area contributed by atoms with Crippen LogP contribution in [0, 0.1) is 0 Å². The first-order valence-corrected chi connectivity index (χ1v) is 13.0. The minimum Gasteiger partial charge on any atom is -0.481 e. The van der Waals surface area contributed by atoms with Crippen LogP contribution in [0.2, 0.25) is 0 Å². The molecule has 2 aromatic carbocycles. The first kappa shape index (κ1) is 28.0. The molecule has 1 unspecified atom stereocenters. The van der Waals surface area contributed by atoms with E-state index in [1.807, 2.05) is 37.3 Å². The van der Waals surface area contributed by atoms with E-state index in [2.05, 4.69) is 10.3 Å². The highest BCUT2D eigenvalue weighted by Crippen LogP contribution is 2.22. The monoisotopic (exact) mass is 520 g/mol. The molecule has 3 aromatic rings. The van der Waals surface area contributed by atoms with Gasteiger partial charge in [-0.2, -0.15) is 0 Å². The van der Waals surface area contributed by atoms with Gasteiger partial charge in [0.2, 0.25) is 5.88 Å². The molecule has 194 valence electrons. The molecule has 0 aliphatic carbocycles. The van der Waals surface area contributed by atoms with Gasteiger partial charge in [0.15, 0.2) is 5.78 Å². The van der Waals surface area contributed by atoms with Gasteiger partial charge in [0.1, 0.15) is 11.1 Å². The molecule has 0 radical (unpaired) electrons. The zero-order valence-corrected chi connectivity index (χ0v) is 21.9. The molecule has 2 N–H and O–H groups in total. The SMILES string of the molecule is COc1cccc(SCCOCC(C)=CCCC(Nc2ccccc2C(=O)c2ccccc2)C(=O)O)n1. The number of methoxy groups -OCH3 is 1. The van der Waals surface area contributed by atoms with Crippen molar-refractivity contribution in [1.82, 2.24) is 4.98 Å². The molecule has 0 saturated carbocycles. The van der Waals surface area contributed by atoms with Crippen LogP contribution < -0.4 is 10.1 Å². The molecule has 3 rings (SSSR count). The van der Waals surface area contributed by atoms with Crippen molar-refractivity contribution in [2.45, 2.75) is 30.8 Å². The second kappa shape index (κ2) is 14.8. The van der Waals surface area contributed by atoms with Gasteiger partial charge in [0, 0.05) is 28.6 Å². The second-order valence-corrected chi connectivity index (χ2v) is 9.44. The summed E-state index contributed by atoms with van der Waals surface area (Å²) in [5.41, 5.74) is 2.55. The number of rotatable bonds is 15. The van der Waals surface area contributed by atoms with E-state index in [4.69, 9.17) is 9.47 Å². The van der Waals surface area contributed by atoms with Crippen molar-refractivity contribution in [2.24, 2.45) is 0 Å². The fourth-order valence-corrected chi connectivity index (χ4v) is 4.32. The zero-order valence-electron chi connectivity index (χ0n) is 21.1. The van der Waals surface area contributed by atoms with E-state index in [9.17, 15) is 14.7 Å². The predicted octanol–water partition coefficient (Wildman–Crippen LogP) is 5.72. The third-order valence-corrected chi connectivity index (χ3v) is 6.39. The van der Waals surface area contributed by atoms with Crippen LogP contribution in [0.25, 0.3) is 0 Å². The Morgan fingerprint density at radius 3 is 2.57 bits per heavy atom. The van der Waals surface area contributed by atoms with Gasteiger partial charge in [-0.3, -0.25) is 4.79 Å². The number of aliphatic carboxylic acids is 1. The minimum absolute atomic E-state index is 0.152. The van der Waals surface area contributed by atoms with Crippen molar-refractivity contribution in [3.8, 4) is 5.88 Å². The Bertz CT molecular complexity index is 1200. The van der Waals surface area contributed by atoms with Crippen LogP contribution in [0.15, 0.2) is 89.5 Å². The van der Waals surface area contributed by atoms with Crippen molar-refractivity contribution in [2.75, 3.05) is 31.4 Å². The summed E-state index contributed by atoms with van der Waals surface area (Å²) in [6.07, 6.45) is 2.93. The van der Waals surface area contributed by atoms with Crippen LogP contribution in [0.4, 0.5) is 5.69 Å². The largest absolute Gasteiger partial charge is 0.481 e. The van der Waals surface area contributed by atoms with Crippen molar-refractivity contribution < 1.29 is 24.2 Å². The van der Waals surface area contributed by atoms with E-state index in [0.29, 0.717) is 48.7 Å². The zero-order chi connectivity index (χ0) is 26.5. The summed E-state index contributed by atoms with van der Waals surface area (Å²) >= 11 is 1.60. The molecule has 0 spiro atoms. The average Bonchev–Trinajstić information content (AvgIpc) is 2.92. The van der Waals surface area contributed by atoms with Crippen LogP contribution in [-0.4, -0.2) is 54.0 Å². The number of benzene rings is 2. The highest BCUT2D eigenvalue weighted by molar-refractivity contribution is 7.99. The number of nitrogens with zero attached hydrogens (tertiary/aromatic N) is 1. The summed E-state index contributed by atoms with van der Waals surface area (Å²) in [7, 11) is 1.59. The molecule has 0 aliphatic heterocycles. The lowest BCUT2D eigenvalue weighted by Crippen LogP contribution is -2.29. The molecular formula is C29H32N2O5S. The lowest BCUT2D eigenvalue weighted by Gasteiger charge is -2.18. The molecule has 0 amide bonds. The standard InChI is InChI=1S/C29H32N2O5S/c1-21(20-36-18-19-37-27-17-9-16-26(31-27)35-2)10-8-15-25(29(33)34)30-24-14-7-6-13-23(24)28(32)22-11-4-3-5-12-22/h3-7,9-14,16-17,25,30H,8,15,18-20H2,1-2H3,(H,33,34). The van der Waals surface area contributed by atoms with Crippen LogP contribution in [-0.2, 0) is 9.53 Å². The number of anilines is 1. The second-order valence-electron chi connectivity index (χ2n) is 8.32. The van der Waals surface area contributed by atoms with Gasteiger partial charge >= 0.3 is 5.97 Å². The van der Waals surface area contributed by atoms with Gasteiger partial charge in [-0.05, 0) is 38.0 Å². The van der Waals surface area contributed by atoms with Crippen molar-refractivity contribution in [3.63, 3.8) is 0 Å². The van der Waals surface area contributed by atoms with E-state index >= 15 is 0 Å². The molecule has 0 fully saturated rings. The summed E-state index contributed by atoms with van der Waals surface area (Å²) in [6, 6.07) is 20.8. The lowest BCUT2D eigenvalue weighted by molar-refractivity contribution is -0.138. The molecule has 8 heteroatoms. The number of carbonyl (C=O) groups excluding carboxylic acids is 1. The fourth-order valence-electron chi connectivity index (χ4n) is 3.58. The van der Waals surface area contributed by atoms with Gasteiger partial charge in [0.05, 0.1) is 20.3 Å². The Labute approximate surface area is 221 Å². The third-order valence-electron chi connectivity index (χ3n) is 5.50.